The number of aromatic nitrogens is 1. The molecule has 3 N–H and O–H groups in total. The Morgan fingerprint density at radius 1 is 1.08 bits per heavy atom. The van der Waals surface area contributed by atoms with Crippen molar-refractivity contribution in [3.05, 3.63) is 83.6 Å². The van der Waals surface area contributed by atoms with E-state index in [9.17, 15) is 4.79 Å². The van der Waals surface area contributed by atoms with Gasteiger partial charge >= 0.3 is 0 Å². The zero-order chi connectivity index (χ0) is 26.6. The summed E-state index contributed by atoms with van der Waals surface area (Å²) in [4.78, 5) is 23.3. The topological polar surface area (TPSA) is 99.4 Å². The van der Waals surface area contributed by atoms with Crippen LogP contribution in [-0.4, -0.2) is 58.5 Å². The second kappa shape index (κ2) is 11.1. The Hall–Kier alpha value is -4.04. The van der Waals surface area contributed by atoms with E-state index in [2.05, 4.69) is 27.3 Å². The third-order valence-corrected chi connectivity index (χ3v) is 7.47. The monoisotopic (exact) mass is 509 g/mol. The predicted molar refractivity (Wildman–Crippen MR) is 152 cm³/mol. The van der Waals surface area contributed by atoms with Crippen LogP contribution < -0.4 is 10.2 Å². The second-order valence-electron chi connectivity index (χ2n) is 9.86. The molecule has 0 bridgehead atoms. The van der Waals surface area contributed by atoms with E-state index in [1.807, 2.05) is 67.3 Å². The standard InChI is InChI=1S/C30H35N7O/c1-3-36(4-2)30(38)23-9-8-18-35(20-23)19-21-13-15-22(16-14-21)27(31)37-26-12-7-17-33-29(26)34-25-11-6-5-10-24(25)28(37)32/h5-7,10-17,23,31-32H,3-4,8-9,18-20H2,1-2H3,(H,33,34). The molecule has 1 atom stereocenters. The number of amidine groups is 2. The predicted octanol–water partition coefficient (Wildman–Crippen LogP) is 5.08. The number of pyridine rings is 1. The number of carbonyl (C=O) groups excluding carboxylic acids is 1. The number of hydrogen-bond donors (Lipinski definition) is 3. The average Bonchev–Trinajstić information content (AvgIpc) is 3.07. The van der Waals surface area contributed by atoms with E-state index in [0.717, 1.165) is 62.4 Å². The third-order valence-electron chi connectivity index (χ3n) is 7.47. The Balaban J connectivity index is 1.33. The first-order chi connectivity index (χ1) is 18.5. The lowest BCUT2D eigenvalue weighted by Gasteiger charge is -2.34. The van der Waals surface area contributed by atoms with Gasteiger partial charge in [0.25, 0.3) is 0 Å². The number of carbonyl (C=O) groups is 1. The maximum Gasteiger partial charge on any atom is 0.226 e. The number of fused-ring (bicyclic) bond motifs is 2. The number of piperidine rings is 1. The molecule has 1 fully saturated rings. The number of nitrogens with one attached hydrogen (secondary N) is 3. The molecule has 8 heteroatoms. The highest BCUT2D eigenvalue weighted by molar-refractivity contribution is 6.30. The van der Waals surface area contributed by atoms with Crippen molar-refractivity contribution < 1.29 is 4.79 Å². The zero-order valence-corrected chi connectivity index (χ0v) is 22.1. The number of amides is 1. The molecule has 3 heterocycles. The smallest absolute Gasteiger partial charge is 0.226 e. The van der Waals surface area contributed by atoms with Gasteiger partial charge in [0.15, 0.2) is 5.82 Å². The van der Waals surface area contributed by atoms with Gasteiger partial charge in [-0.3, -0.25) is 25.4 Å². The van der Waals surface area contributed by atoms with Crippen LogP contribution in [0.4, 0.5) is 17.2 Å². The van der Waals surface area contributed by atoms with Crippen molar-refractivity contribution in [3.8, 4) is 0 Å². The van der Waals surface area contributed by atoms with Gasteiger partial charge in [0.1, 0.15) is 11.7 Å². The van der Waals surface area contributed by atoms with E-state index in [0.29, 0.717) is 17.1 Å². The van der Waals surface area contributed by atoms with Crippen molar-refractivity contribution in [1.29, 1.82) is 10.8 Å². The van der Waals surface area contributed by atoms with Gasteiger partial charge in [-0.1, -0.05) is 36.4 Å². The lowest BCUT2D eigenvalue weighted by Crippen LogP contribution is -2.44. The Bertz CT molecular complexity index is 1330. The number of hydrogen-bond acceptors (Lipinski definition) is 6. The summed E-state index contributed by atoms with van der Waals surface area (Å²) in [6.45, 7) is 8.15. The van der Waals surface area contributed by atoms with Crippen LogP contribution in [0, 0.1) is 16.7 Å². The molecule has 2 aliphatic rings. The van der Waals surface area contributed by atoms with Gasteiger partial charge in [0.2, 0.25) is 5.91 Å². The van der Waals surface area contributed by atoms with Crippen molar-refractivity contribution in [3.63, 3.8) is 0 Å². The van der Waals surface area contributed by atoms with Crippen LogP contribution in [0.2, 0.25) is 0 Å². The molecule has 5 rings (SSSR count). The molecule has 0 saturated carbocycles. The molecular formula is C30H35N7O. The third kappa shape index (κ3) is 5.04. The quantitative estimate of drug-likeness (QED) is 0.318. The van der Waals surface area contributed by atoms with Crippen LogP contribution in [0.15, 0.2) is 66.9 Å². The number of rotatable bonds is 6. The number of benzene rings is 2. The van der Waals surface area contributed by atoms with E-state index in [-0.39, 0.29) is 23.5 Å². The van der Waals surface area contributed by atoms with Crippen LogP contribution >= 0.6 is 0 Å². The Labute approximate surface area is 224 Å². The Morgan fingerprint density at radius 3 is 2.61 bits per heavy atom. The zero-order valence-electron chi connectivity index (χ0n) is 22.1. The number of anilines is 3. The Morgan fingerprint density at radius 2 is 1.84 bits per heavy atom. The van der Waals surface area contributed by atoms with Crippen molar-refractivity contribution in [2.45, 2.75) is 33.2 Å². The summed E-state index contributed by atoms with van der Waals surface area (Å²) < 4.78 is 0. The van der Waals surface area contributed by atoms with Gasteiger partial charge < -0.3 is 10.2 Å². The SMILES string of the molecule is CCN(CC)C(=O)C1CCCN(Cc2ccc(C(=N)N3C(=N)c4ccccc4Nc4ncccc43)cc2)C1. The van der Waals surface area contributed by atoms with E-state index >= 15 is 0 Å². The summed E-state index contributed by atoms with van der Waals surface area (Å²) in [5, 5.41) is 21.4. The van der Waals surface area contributed by atoms with Crippen molar-refractivity contribution in [2.24, 2.45) is 5.92 Å². The molecule has 1 aromatic heterocycles. The molecule has 0 spiro atoms. The minimum Gasteiger partial charge on any atom is -0.343 e. The minimum atomic E-state index is 0.0651. The fraction of sp³-hybridized carbons (Fsp3) is 0.333. The lowest BCUT2D eigenvalue weighted by molar-refractivity contribution is -0.137. The number of nitrogens with zero attached hydrogens (tertiary/aromatic N) is 4. The molecule has 0 aliphatic carbocycles. The summed E-state index contributed by atoms with van der Waals surface area (Å²) in [5.74, 6) is 1.40. The van der Waals surface area contributed by atoms with E-state index in [4.69, 9.17) is 10.8 Å². The lowest BCUT2D eigenvalue weighted by atomic mass is 9.96. The first kappa shape index (κ1) is 25.6. The van der Waals surface area contributed by atoms with Gasteiger partial charge in [-0.25, -0.2) is 4.98 Å². The Kier molecular flexibility index (Phi) is 7.51. The van der Waals surface area contributed by atoms with Gasteiger partial charge in [-0.15, -0.1) is 0 Å². The molecule has 38 heavy (non-hydrogen) atoms. The fourth-order valence-corrected chi connectivity index (χ4v) is 5.42. The van der Waals surface area contributed by atoms with Crippen LogP contribution in [0.3, 0.4) is 0 Å². The highest BCUT2D eigenvalue weighted by Crippen LogP contribution is 2.35. The molecule has 0 radical (unpaired) electrons. The van der Waals surface area contributed by atoms with E-state index in [1.165, 1.54) is 0 Å². The summed E-state index contributed by atoms with van der Waals surface area (Å²) in [5.41, 5.74) is 4.05. The molecule has 2 aromatic carbocycles. The summed E-state index contributed by atoms with van der Waals surface area (Å²) in [7, 11) is 0. The molecule has 1 amide bonds. The average molecular weight is 510 g/mol. The van der Waals surface area contributed by atoms with Gasteiger partial charge in [-0.2, -0.15) is 0 Å². The normalized spacial score (nSPS) is 17.2. The number of para-hydroxylation sites is 1. The largest absolute Gasteiger partial charge is 0.343 e. The molecule has 3 aromatic rings. The van der Waals surface area contributed by atoms with Crippen LogP contribution in [0.1, 0.15) is 43.4 Å². The summed E-state index contributed by atoms with van der Waals surface area (Å²) >= 11 is 0. The maximum atomic E-state index is 12.9. The van der Waals surface area contributed by atoms with Crippen LogP contribution in [0.25, 0.3) is 0 Å². The second-order valence-corrected chi connectivity index (χ2v) is 9.86. The van der Waals surface area contributed by atoms with Crippen LogP contribution in [-0.2, 0) is 11.3 Å². The maximum absolute atomic E-state index is 12.9. The first-order valence-corrected chi connectivity index (χ1v) is 13.4. The molecule has 2 aliphatic heterocycles. The van der Waals surface area contributed by atoms with Crippen molar-refractivity contribution in [2.75, 3.05) is 36.4 Å². The fourth-order valence-electron chi connectivity index (χ4n) is 5.42. The van der Waals surface area contributed by atoms with Gasteiger partial charge in [0, 0.05) is 43.5 Å². The first-order valence-electron chi connectivity index (χ1n) is 13.4. The minimum absolute atomic E-state index is 0.0651. The van der Waals surface area contributed by atoms with Crippen molar-refractivity contribution in [1.82, 2.24) is 14.8 Å². The molecule has 8 nitrogen and oxygen atoms in total. The van der Waals surface area contributed by atoms with E-state index < -0.39 is 0 Å². The molecule has 1 unspecified atom stereocenters. The molecular weight excluding hydrogens is 474 g/mol. The summed E-state index contributed by atoms with van der Waals surface area (Å²) in [6.07, 6.45) is 3.69. The van der Waals surface area contributed by atoms with Gasteiger partial charge in [-0.05, 0) is 63.1 Å². The van der Waals surface area contributed by atoms with Crippen LogP contribution in [0.5, 0.6) is 0 Å². The van der Waals surface area contributed by atoms with Gasteiger partial charge in [0.05, 0.1) is 17.3 Å². The van der Waals surface area contributed by atoms with E-state index in [1.54, 1.807) is 11.1 Å². The highest BCUT2D eigenvalue weighted by Gasteiger charge is 2.29. The van der Waals surface area contributed by atoms with Crippen molar-refractivity contribution >= 4 is 34.8 Å². The molecule has 196 valence electrons. The summed E-state index contributed by atoms with van der Waals surface area (Å²) in [6, 6.07) is 19.3. The highest BCUT2D eigenvalue weighted by atomic mass is 16.2. The number of likely N-dealkylation sites (tertiary alicyclic amines) is 1. The molecule has 1 saturated heterocycles.